The summed E-state index contributed by atoms with van der Waals surface area (Å²) < 4.78 is 14.5. The van der Waals surface area contributed by atoms with Gasteiger partial charge < -0.3 is 4.90 Å². The number of carbonyl (C=O) groups is 1. The number of benzene rings is 1. The van der Waals surface area contributed by atoms with Gasteiger partial charge in [-0.15, -0.1) is 0 Å². The average Bonchev–Trinajstić information content (AvgIpc) is 3.31. The number of hydrogen-bond acceptors (Lipinski definition) is 2. The second-order valence-corrected chi connectivity index (χ2v) is 7.46. The van der Waals surface area contributed by atoms with Crippen molar-refractivity contribution in [2.24, 2.45) is 5.92 Å². The minimum absolute atomic E-state index is 0.102. The molecule has 2 aliphatic rings. The molecule has 1 saturated carbocycles. The van der Waals surface area contributed by atoms with Gasteiger partial charge in [0, 0.05) is 33.1 Å². The van der Waals surface area contributed by atoms with E-state index in [9.17, 15) is 9.00 Å². The minimum Gasteiger partial charge on any atom is -0.340 e. The summed E-state index contributed by atoms with van der Waals surface area (Å²) in [5, 5.41) is 0. The Bertz CT molecular complexity index is 532. The van der Waals surface area contributed by atoms with Gasteiger partial charge in [0.25, 0.3) is 0 Å². The molecule has 1 saturated heterocycles. The smallest absolute Gasteiger partial charge is 0.219 e. The van der Waals surface area contributed by atoms with E-state index in [2.05, 4.69) is 12.1 Å². The van der Waals surface area contributed by atoms with Gasteiger partial charge in [-0.3, -0.25) is 4.79 Å². The number of carbonyl (C=O) groups excluding carboxylic acids is 1. The first-order valence-electron chi connectivity index (χ1n) is 7.65. The lowest BCUT2D eigenvalue weighted by molar-refractivity contribution is -0.129. The lowest BCUT2D eigenvalue weighted by Crippen LogP contribution is -2.48. The standard InChI is InChI=1S/C16H22N2O2S/c1-13(19)17-8-10-18(11-9-17)21(20)16-6-4-15(5-7-16)12-14-2-3-14/h4-7,14H,2-3,8-12H2,1H3. The van der Waals surface area contributed by atoms with Crippen molar-refractivity contribution in [1.82, 2.24) is 9.21 Å². The first-order chi connectivity index (χ1) is 10.1. The minimum atomic E-state index is -1.11. The Labute approximate surface area is 128 Å². The van der Waals surface area contributed by atoms with Crippen LogP contribution in [0.15, 0.2) is 29.2 Å². The molecule has 1 aromatic carbocycles. The zero-order chi connectivity index (χ0) is 14.8. The normalized spacial score (nSPS) is 21.3. The number of hydrogen-bond donors (Lipinski definition) is 0. The molecule has 1 amide bonds. The van der Waals surface area contributed by atoms with E-state index in [0.29, 0.717) is 26.2 Å². The summed E-state index contributed by atoms with van der Waals surface area (Å²) in [5.74, 6) is 0.978. The second-order valence-electron chi connectivity index (χ2n) is 5.98. The monoisotopic (exact) mass is 306 g/mol. The fraction of sp³-hybridized carbons (Fsp3) is 0.562. The summed E-state index contributed by atoms with van der Waals surface area (Å²) in [6.07, 6.45) is 3.87. The molecular weight excluding hydrogens is 284 g/mol. The van der Waals surface area contributed by atoms with Crippen molar-refractivity contribution in [3.63, 3.8) is 0 Å². The summed E-state index contributed by atoms with van der Waals surface area (Å²) in [5.41, 5.74) is 1.35. The van der Waals surface area contributed by atoms with E-state index in [4.69, 9.17) is 0 Å². The maximum Gasteiger partial charge on any atom is 0.219 e. The molecule has 0 bridgehead atoms. The van der Waals surface area contributed by atoms with Crippen LogP contribution in [-0.2, 0) is 22.2 Å². The Balaban J connectivity index is 1.58. The Kier molecular flexibility index (Phi) is 4.40. The van der Waals surface area contributed by atoms with E-state index in [1.165, 1.54) is 18.4 Å². The highest BCUT2D eigenvalue weighted by Crippen LogP contribution is 2.32. The number of nitrogens with zero attached hydrogens (tertiary/aromatic N) is 2. The molecule has 21 heavy (non-hydrogen) atoms. The van der Waals surface area contributed by atoms with Gasteiger partial charge in [0.05, 0.1) is 4.90 Å². The third-order valence-electron chi connectivity index (χ3n) is 4.26. The van der Waals surface area contributed by atoms with Crippen LogP contribution in [0.5, 0.6) is 0 Å². The average molecular weight is 306 g/mol. The third-order valence-corrected chi connectivity index (χ3v) is 5.77. The first-order valence-corrected chi connectivity index (χ1v) is 8.75. The Hall–Kier alpha value is -1.20. The van der Waals surface area contributed by atoms with Gasteiger partial charge in [0.1, 0.15) is 11.0 Å². The van der Waals surface area contributed by atoms with E-state index in [1.54, 1.807) is 6.92 Å². The molecule has 4 nitrogen and oxygen atoms in total. The SMILES string of the molecule is CC(=O)N1CCN(S(=O)c2ccc(CC3CC3)cc2)CC1. The molecule has 0 spiro atoms. The molecule has 2 fully saturated rings. The number of rotatable bonds is 4. The van der Waals surface area contributed by atoms with Gasteiger partial charge >= 0.3 is 0 Å². The van der Waals surface area contributed by atoms with Crippen LogP contribution in [0.4, 0.5) is 0 Å². The van der Waals surface area contributed by atoms with Crippen LogP contribution in [0.2, 0.25) is 0 Å². The van der Waals surface area contributed by atoms with Crippen molar-refractivity contribution in [3.8, 4) is 0 Å². The molecule has 114 valence electrons. The van der Waals surface area contributed by atoms with E-state index in [0.717, 1.165) is 17.2 Å². The molecule has 0 radical (unpaired) electrons. The highest BCUT2D eigenvalue weighted by atomic mass is 32.2. The maximum atomic E-state index is 12.6. The number of amides is 1. The lowest BCUT2D eigenvalue weighted by Gasteiger charge is -2.33. The van der Waals surface area contributed by atoms with Gasteiger partial charge in [-0.1, -0.05) is 12.1 Å². The summed E-state index contributed by atoms with van der Waals surface area (Å²) in [6.45, 7) is 4.28. The Morgan fingerprint density at radius 2 is 1.76 bits per heavy atom. The van der Waals surface area contributed by atoms with Crippen LogP contribution >= 0.6 is 0 Å². The van der Waals surface area contributed by atoms with E-state index in [-0.39, 0.29) is 5.91 Å². The van der Waals surface area contributed by atoms with Gasteiger partial charge in [0.2, 0.25) is 5.91 Å². The largest absolute Gasteiger partial charge is 0.340 e. The molecule has 1 unspecified atom stereocenters. The molecule has 3 rings (SSSR count). The molecule has 1 aromatic rings. The Morgan fingerprint density at radius 1 is 1.14 bits per heavy atom. The molecule has 1 aliphatic heterocycles. The van der Waals surface area contributed by atoms with Gasteiger partial charge in [-0.2, -0.15) is 0 Å². The fourth-order valence-electron chi connectivity index (χ4n) is 2.72. The van der Waals surface area contributed by atoms with Crippen molar-refractivity contribution in [2.45, 2.75) is 31.1 Å². The molecule has 1 heterocycles. The molecule has 1 aliphatic carbocycles. The van der Waals surface area contributed by atoms with Crippen LogP contribution in [0, 0.1) is 5.92 Å². The van der Waals surface area contributed by atoms with Crippen molar-refractivity contribution in [1.29, 1.82) is 0 Å². The van der Waals surface area contributed by atoms with Crippen LogP contribution in [0.1, 0.15) is 25.3 Å². The van der Waals surface area contributed by atoms with Crippen LogP contribution in [0.3, 0.4) is 0 Å². The highest BCUT2D eigenvalue weighted by Gasteiger charge is 2.24. The molecule has 1 atom stereocenters. The van der Waals surface area contributed by atoms with Crippen LogP contribution in [0.25, 0.3) is 0 Å². The van der Waals surface area contributed by atoms with Crippen LogP contribution < -0.4 is 0 Å². The summed E-state index contributed by atoms with van der Waals surface area (Å²) >= 11 is 0. The topological polar surface area (TPSA) is 40.6 Å². The second kappa shape index (κ2) is 6.28. The van der Waals surface area contributed by atoms with Gasteiger partial charge in [0.15, 0.2) is 0 Å². The molecule has 0 N–H and O–H groups in total. The molecule has 0 aromatic heterocycles. The van der Waals surface area contributed by atoms with E-state index in [1.807, 2.05) is 21.3 Å². The van der Waals surface area contributed by atoms with E-state index >= 15 is 0 Å². The first kappa shape index (κ1) is 14.7. The highest BCUT2D eigenvalue weighted by molar-refractivity contribution is 7.82. The predicted octanol–water partition coefficient (Wildman–Crippen LogP) is 1.83. The summed E-state index contributed by atoms with van der Waals surface area (Å²) in [7, 11) is -1.11. The fourth-order valence-corrected chi connectivity index (χ4v) is 3.88. The third kappa shape index (κ3) is 3.71. The number of piperazine rings is 1. The zero-order valence-electron chi connectivity index (χ0n) is 12.5. The molecule has 5 heteroatoms. The lowest BCUT2D eigenvalue weighted by atomic mass is 10.1. The van der Waals surface area contributed by atoms with E-state index < -0.39 is 11.0 Å². The zero-order valence-corrected chi connectivity index (χ0v) is 13.3. The van der Waals surface area contributed by atoms with Gasteiger partial charge in [-0.25, -0.2) is 8.51 Å². The quantitative estimate of drug-likeness (QED) is 0.851. The van der Waals surface area contributed by atoms with Crippen molar-refractivity contribution < 1.29 is 9.00 Å². The van der Waals surface area contributed by atoms with Gasteiger partial charge in [-0.05, 0) is 42.9 Å². The summed E-state index contributed by atoms with van der Waals surface area (Å²) in [6, 6.07) is 8.20. The van der Waals surface area contributed by atoms with Crippen LogP contribution in [-0.4, -0.2) is 45.5 Å². The predicted molar refractivity (Wildman–Crippen MR) is 83.1 cm³/mol. The van der Waals surface area contributed by atoms with Crippen molar-refractivity contribution >= 4 is 16.9 Å². The van der Waals surface area contributed by atoms with Crippen molar-refractivity contribution in [2.75, 3.05) is 26.2 Å². The maximum absolute atomic E-state index is 12.6. The molecular formula is C16H22N2O2S. The van der Waals surface area contributed by atoms with Crippen molar-refractivity contribution in [3.05, 3.63) is 29.8 Å². The Morgan fingerprint density at radius 3 is 2.29 bits per heavy atom. The summed E-state index contributed by atoms with van der Waals surface area (Å²) in [4.78, 5) is 14.0.